The van der Waals surface area contributed by atoms with E-state index in [2.05, 4.69) is 25.6 Å². The molecule has 0 saturated carbocycles. The van der Waals surface area contributed by atoms with E-state index in [9.17, 15) is 9.59 Å². The molecule has 2 amide bonds. The first kappa shape index (κ1) is 23.8. The van der Waals surface area contributed by atoms with Gasteiger partial charge in [-0.1, -0.05) is 0 Å². The lowest BCUT2D eigenvalue weighted by molar-refractivity contribution is -0.118. The Bertz CT molecular complexity index is 803. The zero-order valence-corrected chi connectivity index (χ0v) is 17.9. The van der Waals surface area contributed by atoms with Gasteiger partial charge in [0.1, 0.15) is 16.4 Å². The number of amides is 2. The first-order valence-electron chi connectivity index (χ1n) is 8.44. The molecule has 0 radical (unpaired) electrons. The van der Waals surface area contributed by atoms with Crippen LogP contribution in [-0.2, 0) is 11.2 Å². The molecule has 0 fully saturated rings. The summed E-state index contributed by atoms with van der Waals surface area (Å²) in [5, 5.41) is 10.8. The summed E-state index contributed by atoms with van der Waals surface area (Å²) in [4.78, 5) is 35.8. The van der Waals surface area contributed by atoms with Crippen molar-refractivity contribution >= 4 is 52.9 Å². The van der Waals surface area contributed by atoms with E-state index in [-0.39, 0.29) is 30.2 Å². The minimum atomic E-state index is -0.208. The molecular formula is C16H24ClN7O2S2. The van der Waals surface area contributed by atoms with E-state index in [1.54, 1.807) is 5.38 Å². The van der Waals surface area contributed by atoms with Gasteiger partial charge in [0.05, 0.1) is 5.01 Å². The number of nitrogens with zero attached hydrogens (tertiary/aromatic N) is 3. The van der Waals surface area contributed by atoms with Crippen LogP contribution in [0.15, 0.2) is 15.8 Å². The van der Waals surface area contributed by atoms with Gasteiger partial charge < -0.3 is 22.1 Å². The molecule has 6 N–H and O–H groups in total. The molecule has 0 bridgehead atoms. The standard InChI is InChI=1S/C16H23N7O2S2.ClH/c1-10(24)19-7-4-13-22-12(9-26-13)15-23-11(8-27-15)14(25)20-5-2-3-6-21-16(17)18;/h8-9H,2-7H2,1H3,(H,19,24)(H,20,25)(H4,17,18,21);1H. The van der Waals surface area contributed by atoms with Crippen molar-refractivity contribution in [2.75, 3.05) is 19.6 Å². The third-order valence-corrected chi connectivity index (χ3v) is 5.16. The average Bonchev–Trinajstić information content (AvgIpc) is 3.26. The summed E-state index contributed by atoms with van der Waals surface area (Å²) in [5.74, 6) is -0.187. The minimum Gasteiger partial charge on any atom is -0.370 e. The molecule has 0 aliphatic heterocycles. The van der Waals surface area contributed by atoms with Gasteiger partial charge in [-0.05, 0) is 12.8 Å². The Morgan fingerprint density at radius 1 is 1.11 bits per heavy atom. The lowest BCUT2D eigenvalue weighted by Gasteiger charge is -2.02. The maximum absolute atomic E-state index is 12.1. The van der Waals surface area contributed by atoms with Gasteiger partial charge in [-0.2, -0.15) is 0 Å². The summed E-state index contributed by atoms with van der Waals surface area (Å²) >= 11 is 2.89. The molecule has 2 aromatic heterocycles. The summed E-state index contributed by atoms with van der Waals surface area (Å²) in [6.45, 7) is 3.12. The van der Waals surface area contributed by atoms with Gasteiger partial charge in [0.25, 0.3) is 5.91 Å². The third kappa shape index (κ3) is 8.19. The van der Waals surface area contributed by atoms with Gasteiger partial charge in [0, 0.05) is 43.7 Å². The van der Waals surface area contributed by atoms with Crippen molar-refractivity contribution in [1.82, 2.24) is 20.6 Å². The number of hydrogen-bond donors (Lipinski definition) is 4. The quantitative estimate of drug-likeness (QED) is 0.245. The molecule has 0 aliphatic rings. The zero-order chi connectivity index (χ0) is 19.6. The highest BCUT2D eigenvalue weighted by atomic mass is 35.5. The molecule has 0 aliphatic carbocycles. The Hall–Kier alpha value is -2.24. The van der Waals surface area contributed by atoms with Gasteiger partial charge in [-0.15, -0.1) is 35.1 Å². The molecule has 0 unspecified atom stereocenters. The fourth-order valence-corrected chi connectivity index (χ4v) is 3.72. The molecule has 154 valence electrons. The third-order valence-electron chi connectivity index (χ3n) is 3.39. The monoisotopic (exact) mass is 445 g/mol. The van der Waals surface area contributed by atoms with Gasteiger partial charge in [-0.3, -0.25) is 14.6 Å². The van der Waals surface area contributed by atoms with Crippen LogP contribution < -0.4 is 22.1 Å². The van der Waals surface area contributed by atoms with Crippen molar-refractivity contribution in [3.05, 3.63) is 21.5 Å². The maximum atomic E-state index is 12.1. The van der Waals surface area contributed by atoms with Crippen LogP contribution in [0.25, 0.3) is 10.7 Å². The highest BCUT2D eigenvalue weighted by Gasteiger charge is 2.13. The minimum absolute atomic E-state index is 0. The molecular weight excluding hydrogens is 422 g/mol. The van der Waals surface area contributed by atoms with Gasteiger partial charge in [0.2, 0.25) is 5.91 Å². The Kier molecular flexibility index (Phi) is 10.4. The number of carbonyl (C=O) groups excluding carboxylic acids is 2. The molecule has 0 saturated heterocycles. The number of guanidine groups is 1. The van der Waals surface area contributed by atoms with E-state index in [1.807, 2.05) is 5.38 Å². The number of rotatable bonds is 10. The fourth-order valence-electron chi connectivity index (χ4n) is 2.10. The predicted octanol–water partition coefficient (Wildman–Crippen LogP) is 1.15. The highest BCUT2D eigenvalue weighted by molar-refractivity contribution is 7.14. The van der Waals surface area contributed by atoms with E-state index >= 15 is 0 Å². The molecule has 9 nitrogen and oxygen atoms in total. The van der Waals surface area contributed by atoms with Crippen molar-refractivity contribution < 1.29 is 9.59 Å². The van der Waals surface area contributed by atoms with E-state index in [1.165, 1.54) is 29.6 Å². The fraction of sp³-hybridized carbons (Fsp3) is 0.438. The van der Waals surface area contributed by atoms with Crippen molar-refractivity contribution in [1.29, 1.82) is 0 Å². The van der Waals surface area contributed by atoms with Crippen LogP contribution in [0.3, 0.4) is 0 Å². The predicted molar refractivity (Wildman–Crippen MR) is 115 cm³/mol. The summed E-state index contributed by atoms with van der Waals surface area (Å²) in [5.41, 5.74) is 11.6. The van der Waals surface area contributed by atoms with E-state index in [4.69, 9.17) is 11.5 Å². The zero-order valence-electron chi connectivity index (χ0n) is 15.4. The van der Waals surface area contributed by atoms with Crippen molar-refractivity contribution in [2.45, 2.75) is 26.2 Å². The Labute approximate surface area is 177 Å². The summed E-state index contributed by atoms with van der Waals surface area (Å²) in [7, 11) is 0. The first-order chi connectivity index (χ1) is 13.0. The van der Waals surface area contributed by atoms with Crippen LogP contribution in [0, 0.1) is 0 Å². The average molecular weight is 446 g/mol. The summed E-state index contributed by atoms with van der Waals surface area (Å²) in [6.07, 6.45) is 2.24. The summed E-state index contributed by atoms with van der Waals surface area (Å²) < 4.78 is 0. The van der Waals surface area contributed by atoms with E-state index < -0.39 is 0 Å². The molecule has 12 heteroatoms. The molecule has 2 heterocycles. The second kappa shape index (κ2) is 12.3. The second-order valence-corrected chi connectivity index (χ2v) is 7.47. The van der Waals surface area contributed by atoms with Crippen LogP contribution in [0.5, 0.6) is 0 Å². The number of aromatic nitrogens is 2. The Morgan fingerprint density at radius 3 is 2.61 bits per heavy atom. The molecule has 0 atom stereocenters. The van der Waals surface area contributed by atoms with Crippen molar-refractivity contribution in [2.24, 2.45) is 16.5 Å². The van der Waals surface area contributed by atoms with Gasteiger partial charge >= 0.3 is 0 Å². The van der Waals surface area contributed by atoms with Gasteiger partial charge in [-0.25, -0.2) is 9.97 Å². The van der Waals surface area contributed by atoms with E-state index in [0.717, 1.165) is 23.5 Å². The second-order valence-electron chi connectivity index (χ2n) is 5.67. The SMILES string of the molecule is CC(=O)NCCc1nc(-c2nc(C(=O)NCCCCN=C(N)N)cs2)cs1.Cl. The molecule has 28 heavy (non-hydrogen) atoms. The number of nitrogens with two attached hydrogens (primary N) is 2. The number of hydrogen-bond acceptors (Lipinski definition) is 7. The topological polar surface area (TPSA) is 148 Å². The normalized spacial score (nSPS) is 10.0. The number of nitrogens with one attached hydrogen (secondary N) is 2. The molecule has 2 rings (SSSR count). The number of thiazole rings is 2. The first-order valence-corrected chi connectivity index (χ1v) is 10.2. The van der Waals surface area contributed by atoms with Crippen LogP contribution >= 0.6 is 35.1 Å². The lowest BCUT2D eigenvalue weighted by atomic mass is 10.3. The maximum Gasteiger partial charge on any atom is 0.270 e. The Morgan fingerprint density at radius 2 is 1.89 bits per heavy atom. The number of halogens is 1. The molecule has 0 spiro atoms. The molecule has 2 aromatic rings. The number of unbranched alkanes of at least 4 members (excludes halogenated alkanes) is 1. The number of carbonyl (C=O) groups is 2. The summed E-state index contributed by atoms with van der Waals surface area (Å²) in [6, 6.07) is 0. The van der Waals surface area contributed by atoms with Crippen LogP contribution in [0.1, 0.15) is 35.3 Å². The smallest absolute Gasteiger partial charge is 0.270 e. The van der Waals surface area contributed by atoms with Gasteiger partial charge in [0.15, 0.2) is 5.96 Å². The van der Waals surface area contributed by atoms with Crippen LogP contribution in [0.4, 0.5) is 0 Å². The van der Waals surface area contributed by atoms with E-state index in [0.29, 0.717) is 36.8 Å². The number of aliphatic imine (C=N–C) groups is 1. The highest BCUT2D eigenvalue weighted by Crippen LogP contribution is 2.25. The molecule has 0 aromatic carbocycles. The lowest BCUT2D eigenvalue weighted by Crippen LogP contribution is -2.25. The van der Waals surface area contributed by atoms with Crippen molar-refractivity contribution in [3.8, 4) is 10.7 Å². The van der Waals surface area contributed by atoms with Crippen LogP contribution in [-0.4, -0.2) is 47.4 Å². The largest absolute Gasteiger partial charge is 0.370 e. The van der Waals surface area contributed by atoms with Crippen molar-refractivity contribution in [3.63, 3.8) is 0 Å². The van der Waals surface area contributed by atoms with Crippen LogP contribution in [0.2, 0.25) is 0 Å². The Balaban J connectivity index is 0.00000392.